The number of carbonyl (C=O) groups is 1. The number of rotatable bonds is 4. The van der Waals surface area contributed by atoms with Gasteiger partial charge in [-0.1, -0.05) is 11.6 Å². The number of aliphatic carboxylic acids is 1. The van der Waals surface area contributed by atoms with Crippen molar-refractivity contribution < 1.29 is 14.6 Å². The lowest BCUT2D eigenvalue weighted by Gasteiger charge is -2.19. The SMILES string of the molecule is COc1ccc(Cl)c2c(=O)c(CC(=O)O)c(C)n(C3CC3)c12. The normalized spacial score (nSPS) is 14.3. The summed E-state index contributed by atoms with van der Waals surface area (Å²) in [6.45, 7) is 1.79. The molecule has 0 bridgehead atoms. The molecule has 5 nitrogen and oxygen atoms in total. The molecule has 0 spiro atoms. The number of benzene rings is 1. The number of halogens is 1. The van der Waals surface area contributed by atoms with Crippen LogP contribution in [0.25, 0.3) is 10.9 Å². The van der Waals surface area contributed by atoms with Crippen molar-refractivity contribution in [2.45, 2.75) is 32.2 Å². The number of fused-ring (bicyclic) bond motifs is 1. The van der Waals surface area contributed by atoms with Crippen molar-refractivity contribution in [1.82, 2.24) is 4.57 Å². The predicted octanol–water partition coefficient (Wildman–Crippen LogP) is 2.93. The highest BCUT2D eigenvalue weighted by molar-refractivity contribution is 6.35. The number of ether oxygens (including phenoxy) is 1. The average molecular weight is 322 g/mol. The van der Waals surface area contributed by atoms with Crippen LogP contribution in [0.2, 0.25) is 5.02 Å². The maximum absolute atomic E-state index is 12.8. The van der Waals surface area contributed by atoms with E-state index in [4.69, 9.17) is 21.4 Å². The molecule has 1 aromatic carbocycles. The van der Waals surface area contributed by atoms with E-state index in [0.29, 0.717) is 32.9 Å². The third-order valence-corrected chi connectivity index (χ3v) is 4.41. The Morgan fingerprint density at radius 2 is 2.14 bits per heavy atom. The van der Waals surface area contributed by atoms with Crippen molar-refractivity contribution in [1.29, 1.82) is 0 Å². The zero-order valence-electron chi connectivity index (χ0n) is 12.4. The monoisotopic (exact) mass is 321 g/mol. The number of hydrogen-bond donors (Lipinski definition) is 1. The Bertz CT molecular complexity index is 836. The minimum absolute atomic E-state index is 0.267. The second kappa shape index (κ2) is 5.32. The fourth-order valence-corrected chi connectivity index (χ4v) is 3.18. The van der Waals surface area contributed by atoms with E-state index < -0.39 is 5.97 Å². The first-order valence-electron chi connectivity index (χ1n) is 7.07. The Kier molecular flexibility index (Phi) is 3.60. The van der Waals surface area contributed by atoms with Crippen LogP contribution in [0.3, 0.4) is 0 Å². The van der Waals surface area contributed by atoms with E-state index in [1.54, 1.807) is 26.2 Å². The molecule has 0 unspecified atom stereocenters. The summed E-state index contributed by atoms with van der Waals surface area (Å²) in [5, 5.41) is 9.76. The van der Waals surface area contributed by atoms with Crippen molar-refractivity contribution in [3.8, 4) is 5.75 Å². The van der Waals surface area contributed by atoms with Crippen LogP contribution in [0.5, 0.6) is 5.75 Å². The molecule has 2 aromatic rings. The second-order valence-electron chi connectivity index (χ2n) is 5.54. The van der Waals surface area contributed by atoms with Gasteiger partial charge in [0.2, 0.25) is 0 Å². The maximum atomic E-state index is 12.8. The number of methoxy groups -OCH3 is 1. The minimum Gasteiger partial charge on any atom is -0.495 e. The van der Waals surface area contributed by atoms with Crippen LogP contribution >= 0.6 is 11.6 Å². The zero-order chi connectivity index (χ0) is 16.0. The van der Waals surface area contributed by atoms with E-state index >= 15 is 0 Å². The molecule has 22 heavy (non-hydrogen) atoms. The van der Waals surface area contributed by atoms with Crippen molar-refractivity contribution in [2.24, 2.45) is 0 Å². The van der Waals surface area contributed by atoms with Gasteiger partial charge in [0.05, 0.1) is 29.5 Å². The molecule has 116 valence electrons. The molecule has 0 radical (unpaired) electrons. The summed E-state index contributed by atoms with van der Waals surface area (Å²) in [6, 6.07) is 3.61. The zero-order valence-corrected chi connectivity index (χ0v) is 13.1. The third kappa shape index (κ3) is 2.25. The first-order valence-corrected chi connectivity index (χ1v) is 7.45. The molecular weight excluding hydrogens is 306 g/mol. The van der Waals surface area contributed by atoms with Crippen molar-refractivity contribution in [2.75, 3.05) is 7.11 Å². The molecule has 1 aliphatic carbocycles. The number of hydrogen-bond acceptors (Lipinski definition) is 3. The van der Waals surface area contributed by atoms with E-state index in [9.17, 15) is 9.59 Å². The van der Waals surface area contributed by atoms with Crippen LogP contribution in [-0.4, -0.2) is 22.8 Å². The van der Waals surface area contributed by atoms with E-state index in [1.165, 1.54) is 0 Å². The summed E-state index contributed by atoms with van der Waals surface area (Å²) in [5.41, 5.74) is 1.31. The van der Waals surface area contributed by atoms with Crippen molar-refractivity contribution in [3.05, 3.63) is 38.6 Å². The lowest BCUT2D eigenvalue weighted by molar-refractivity contribution is -0.136. The van der Waals surface area contributed by atoms with E-state index in [2.05, 4.69) is 0 Å². The highest BCUT2D eigenvalue weighted by Gasteiger charge is 2.30. The number of carboxylic acid groups (broad SMARTS) is 1. The first-order chi connectivity index (χ1) is 10.5. The summed E-state index contributed by atoms with van der Waals surface area (Å²) in [7, 11) is 1.55. The highest BCUT2D eigenvalue weighted by atomic mass is 35.5. The smallest absolute Gasteiger partial charge is 0.308 e. The van der Waals surface area contributed by atoms with Gasteiger partial charge >= 0.3 is 5.97 Å². The Balaban J connectivity index is 2.48. The third-order valence-electron chi connectivity index (χ3n) is 4.09. The van der Waals surface area contributed by atoms with Crippen LogP contribution in [0.15, 0.2) is 16.9 Å². The molecule has 0 amide bonds. The summed E-state index contributed by atoms with van der Waals surface area (Å²) in [4.78, 5) is 23.9. The molecule has 1 aromatic heterocycles. The second-order valence-corrected chi connectivity index (χ2v) is 5.95. The van der Waals surface area contributed by atoms with E-state index in [0.717, 1.165) is 12.8 Å². The van der Waals surface area contributed by atoms with Crippen LogP contribution in [0.4, 0.5) is 0 Å². The minimum atomic E-state index is -1.03. The Labute approximate surface area is 132 Å². The Morgan fingerprint density at radius 1 is 1.45 bits per heavy atom. The maximum Gasteiger partial charge on any atom is 0.308 e. The van der Waals surface area contributed by atoms with Gasteiger partial charge in [-0.05, 0) is 31.9 Å². The van der Waals surface area contributed by atoms with Crippen LogP contribution in [0.1, 0.15) is 30.1 Å². The first kappa shape index (κ1) is 14.9. The molecule has 0 saturated heterocycles. The number of aromatic nitrogens is 1. The molecule has 6 heteroatoms. The summed E-state index contributed by atoms with van der Waals surface area (Å²) >= 11 is 6.23. The van der Waals surface area contributed by atoms with Crippen LogP contribution < -0.4 is 10.2 Å². The average Bonchev–Trinajstić information content (AvgIpc) is 3.28. The number of carboxylic acids is 1. The molecule has 0 atom stereocenters. The van der Waals surface area contributed by atoms with E-state index in [-0.39, 0.29) is 17.9 Å². The van der Waals surface area contributed by atoms with Crippen molar-refractivity contribution in [3.63, 3.8) is 0 Å². The molecular formula is C16H16ClNO4. The summed E-state index contributed by atoms with van der Waals surface area (Å²) in [5.74, 6) is -0.450. The standard InChI is InChI=1S/C16H16ClNO4/c1-8-10(7-13(19)20)16(21)14-11(17)5-6-12(22-2)15(14)18(8)9-3-4-9/h5-6,9H,3-4,7H2,1-2H3,(H,19,20). The molecule has 3 rings (SSSR count). The lowest BCUT2D eigenvalue weighted by Crippen LogP contribution is -2.21. The van der Waals surface area contributed by atoms with Gasteiger partial charge in [-0.15, -0.1) is 0 Å². The van der Waals surface area contributed by atoms with Gasteiger partial charge in [0.25, 0.3) is 0 Å². The molecule has 1 aliphatic rings. The van der Waals surface area contributed by atoms with Crippen molar-refractivity contribution >= 4 is 28.5 Å². The molecule has 1 fully saturated rings. The van der Waals surface area contributed by atoms with Gasteiger partial charge in [-0.3, -0.25) is 9.59 Å². The van der Waals surface area contributed by atoms with Gasteiger partial charge in [0, 0.05) is 17.3 Å². The Morgan fingerprint density at radius 3 is 2.68 bits per heavy atom. The predicted molar refractivity (Wildman–Crippen MR) is 84.1 cm³/mol. The fraction of sp³-hybridized carbons (Fsp3) is 0.375. The molecule has 1 saturated carbocycles. The van der Waals surface area contributed by atoms with Gasteiger partial charge in [0.15, 0.2) is 5.43 Å². The summed E-state index contributed by atoms with van der Waals surface area (Å²) < 4.78 is 7.41. The fourth-order valence-electron chi connectivity index (χ4n) is 2.94. The van der Waals surface area contributed by atoms with Crippen LogP contribution in [0, 0.1) is 6.92 Å². The number of nitrogens with zero attached hydrogens (tertiary/aromatic N) is 1. The summed E-state index contributed by atoms with van der Waals surface area (Å²) in [6.07, 6.45) is 1.70. The lowest BCUT2D eigenvalue weighted by atomic mass is 10.0. The van der Waals surface area contributed by atoms with Gasteiger partial charge < -0.3 is 14.4 Å². The largest absolute Gasteiger partial charge is 0.495 e. The van der Waals surface area contributed by atoms with E-state index in [1.807, 2.05) is 4.57 Å². The van der Waals surface area contributed by atoms with Gasteiger partial charge in [0.1, 0.15) is 5.75 Å². The number of pyridine rings is 1. The van der Waals surface area contributed by atoms with Gasteiger partial charge in [-0.25, -0.2) is 0 Å². The van der Waals surface area contributed by atoms with Crippen LogP contribution in [-0.2, 0) is 11.2 Å². The molecule has 1 N–H and O–H groups in total. The quantitative estimate of drug-likeness (QED) is 0.940. The topological polar surface area (TPSA) is 68.5 Å². The van der Waals surface area contributed by atoms with Gasteiger partial charge in [-0.2, -0.15) is 0 Å². The molecule has 1 heterocycles. The molecule has 0 aliphatic heterocycles. The highest BCUT2D eigenvalue weighted by Crippen LogP contribution is 2.42. The Hall–Kier alpha value is -2.01.